The lowest BCUT2D eigenvalue weighted by Gasteiger charge is -2.16. The van der Waals surface area contributed by atoms with Gasteiger partial charge in [0, 0.05) is 28.2 Å². The summed E-state index contributed by atoms with van der Waals surface area (Å²) < 4.78 is 12.5. The van der Waals surface area contributed by atoms with Gasteiger partial charge in [-0.2, -0.15) is 0 Å². The highest BCUT2D eigenvalue weighted by Gasteiger charge is 2.13. The molecular weight excluding hydrogens is 388 g/mol. The quantitative estimate of drug-likeness (QED) is 0.594. The third-order valence-electron chi connectivity index (χ3n) is 3.40. The van der Waals surface area contributed by atoms with E-state index in [9.17, 15) is 0 Å². The first-order valence-corrected chi connectivity index (χ1v) is 9.10. The maximum absolute atomic E-state index is 6.07. The molecule has 0 unspecified atom stereocenters. The monoisotopic (exact) mass is 404 g/mol. The summed E-state index contributed by atoms with van der Waals surface area (Å²) in [6.45, 7) is 1.09. The van der Waals surface area contributed by atoms with E-state index in [1.54, 1.807) is 24.6 Å². The molecular formula is C18H17BrN2O2S. The number of aromatic nitrogens is 1. The first kappa shape index (κ1) is 16.8. The van der Waals surface area contributed by atoms with E-state index in [-0.39, 0.29) is 0 Å². The van der Waals surface area contributed by atoms with Crippen molar-refractivity contribution in [3.63, 3.8) is 0 Å². The molecule has 1 aromatic heterocycles. The van der Waals surface area contributed by atoms with Crippen molar-refractivity contribution in [3.05, 3.63) is 69.6 Å². The van der Waals surface area contributed by atoms with E-state index in [1.807, 2.05) is 47.8 Å². The van der Waals surface area contributed by atoms with E-state index >= 15 is 0 Å². The van der Waals surface area contributed by atoms with Crippen molar-refractivity contribution in [1.29, 1.82) is 0 Å². The topological polar surface area (TPSA) is 43.4 Å². The van der Waals surface area contributed by atoms with Gasteiger partial charge in [0.1, 0.15) is 6.61 Å². The van der Waals surface area contributed by atoms with Crippen LogP contribution in [-0.2, 0) is 13.2 Å². The van der Waals surface area contributed by atoms with Crippen molar-refractivity contribution >= 4 is 32.4 Å². The van der Waals surface area contributed by atoms with E-state index < -0.39 is 0 Å². The molecule has 0 bridgehead atoms. The number of nitrogens with one attached hydrogen (secondary N) is 1. The molecule has 24 heavy (non-hydrogen) atoms. The maximum atomic E-state index is 6.07. The highest BCUT2D eigenvalue weighted by Crippen LogP contribution is 2.36. The number of rotatable bonds is 7. The molecule has 0 radical (unpaired) electrons. The van der Waals surface area contributed by atoms with Crippen LogP contribution >= 0.6 is 27.3 Å². The SMILES string of the molecule is COc1cc(Br)cc(CNc2nccs2)c1OCc1ccccc1. The minimum absolute atomic E-state index is 0.489. The predicted molar refractivity (Wildman–Crippen MR) is 101 cm³/mol. The molecule has 3 aromatic rings. The normalized spacial score (nSPS) is 10.4. The number of anilines is 1. The van der Waals surface area contributed by atoms with Gasteiger partial charge in [0.2, 0.25) is 0 Å². The van der Waals surface area contributed by atoms with Gasteiger partial charge in [-0.15, -0.1) is 11.3 Å². The van der Waals surface area contributed by atoms with Crippen LogP contribution in [0.3, 0.4) is 0 Å². The summed E-state index contributed by atoms with van der Waals surface area (Å²) in [5, 5.41) is 6.13. The molecule has 0 spiro atoms. The molecule has 0 aliphatic heterocycles. The molecule has 0 aliphatic rings. The minimum atomic E-state index is 0.489. The van der Waals surface area contributed by atoms with E-state index in [1.165, 1.54) is 0 Å². The molecule has 0 amide bonds. The molecule has 124 valence electrons. The van der Waals surface area contributed by atoms with Gasteiger partial charge in [-0.05, 0) is 17.7 Å². The number of benzene rings is 2. The standard InChI is InChI=1S/C18H17BrN2O2S/c1-22-16-10-15(19)9-14(11-21-18-20-7-8-24-18)17(16)23-12-13-5-3-2-4-6-13/h2-10H,11-12H2,1H3,(H,20,21). The van der Waals surface area contributed by atoms with Crippen LogP contribution in [0.25, 0.3) is 0 Å². The highest BCUT2D eigenvalue weighted by atomic mass is 79.9. The van der Waals surface area contributed by atoms with Gasteiger partial charge < -0.3 is 14.8 Å². The van der Waals surface area contributed by atoms with Crippen LogP contribution in [0.1, 0.15) is 11.1 Å². The Bertz CT molecular complexity index is 779. The number of methoxy groups -OCH3 is 1. The zero-order valence-corrected chi connectivity index (χ0v) is 15.6. The Kier molecular flexibility index (Phi) is 5.72. The molecule has 6 heteroatoms. The van der Waals surface area contributed by atoms with Crippen LogP contribution in [-0.4, -0.2) is 12.1 Å². The third kappa shape index (κ3) is 4.27. The number of thiazole rings is 1. The Morgan fingerprint density at radius 1 is 1.21 bits per heavy atom. The van der Waals surface area contributed by atoms with Crippen molar-refractivity contribution in [2.45, 2.75) is 13.2 Å². The fourth-order valence-corrected chi connectivity index (χ4v) is 3.29. The van der Waals surface area contributed by atoms with Gasteiger partial charge in [-0.25, -0.2) is 4.98 Å². The fraction of sp³-hybridized carbons (Fsp3) is 0.167. The van der Waals surface area contributed by atoms with Gasteiger partial charge in [0.15, 0.2) is 16.6 Å². The molecule has 0 fully saturated rings. The molecule has 2 aromatic carbocycles. The van der Waals surface area contributed by atoms with Crippen molar-refractivity contribution < 1.29 is 9.47 Å². The highest BCUT2D eigenvalue weighted by molar-refractivity contribution is 9.10. The summed E-state index contributed by atoms with van der Waals surface area (Å²) >= 11 is 5.09. The Morgan fingerprint density at radius 3 is 2.75 bits per heavy atom. The van der Waals surface area contributed by atoms with Crippen molar-refractivity contribution in [1.82, 2.24) is 4.98 Å². The molecule has 1 heterocycles. The molecule has 0 aliphatic carbocycles. The van der Waals surface area contributed by atoms with Gasteiger partial charge in [-0.1, -0.05) is 46.3 Å². The summed E-state index contributed by atoms with van der Waals surface area (Å²) in [5.41, 5.74) is 2.12. The van der Waals surface area contributed by atoms with E-state index in [0.717, 1.165) is 26.5 Å². The first-order chi connectivity index (χ1) is 11.8. The van der Waals surface area contributed by atoms with Crippen LogP contribution in [0.2, 0.25) is 0 Å². The summed E-state index contributed by atoms with van der Waals surface area (Å²) in [7, 11) is 1.65. The Labute approximate surface area is 153 Å². The number of hydrogen-bond donors (Lipinski definition) is 1. The van der Waals surface area contributed by atoms with Crippen molar-refractivity contribution in [3.8, 4) is 11.5 Å². The summed E-state index contributed by atoms with van der Waals surface area (Å²) in [6.07, 6.45) is 1.78. The number of ether oxygens (including phenoxy) is 2. The first-order valence-electron chi connectivity index (χ1n) is 7.43. The number of hydrogen-bond acceptors (Lipinski definition) is 5. The van der Waals surface area contributed by atoms with E-state index in [0.29, 0.717) is 18.9 Å². The zero-order valence-electron chi connectivity index (χ0n) is 13.2. The largest absolute Gasteiger partial charge is 0.493 e. The Balaban J connectivity index is 1.81. The van der Waals surface area contributed by atoms with Crippen molar-refractivity contribution in [2.75, 3.05) is 12.4 Å². The molecule has 3 rings (SSSR count). The Morgan fingerprint density at radius 2 is 2.04 bits per heavy atom. The lowest BCUT2D eigenvalue weighted by atomic mass is 10.1. The second kappa shape index (κ2) is 8.17. The van der Waals surface area contributed by atoms with Gasteiger partial charge in [0.25, 0.3) is 0 Å². The van der Waals surface area contributed by atoms with E-state index in [4.69, 9.17) is 9.47 Å². The Hall–Kier alpha value is -2.05. The number of nitrogens with zero attached hydrogens (tertiary/aromatic N) is 1. The molecule has 4 nitrogen and oxygen atoms in total. The number of halogens is 1. The fourth-order valence-electron chi connectivity index (χ4n) is 2.28. The van der Waals surface area contributed by atoms with Gasteiger partial charge in [0.05, 0.1) is 7.11 Å². The molecule has 1 N–H and O–H groups in total. The zero-order chi connectivity index (χ0) is 16.8. The lowest BCUT2D eigenvalue weighted by molar-refractivity contribution is 0.281. The summed E-state index contributed by atoms with van der Waals surface area (Å²) in [5.74, 6) is 1.45. The maximum Gasteiger partial charge on any atom is 0.182 e. The van der Waals surface area contributed by atoms with Crippen LogP contribution < -0.4 is 14.8 Å². The lowest BCUT2D eigenvalue weighted by Crippen LogP contribution is -2.05. The van der Waals surface area contributed by atoms with Crippen LogP contribution in [0.5, 0.6) is 11.5 Å². The molecule has 0 saturated carbocycles. The second-order valence-electron chi connectivity index (χ2n) is 5.06. The van der Waals surface area contributed by atoms with Gasteiger partial charge in [-0.3, -0.25) is 0 Å². The average Bonchev–Trinajstić information content (AvgIpc) is 3.13. The smallest absolute Gasteiger partial charge is 0.182 e. The van der Waals surface area contributed by atoms with Crippen LogP contribution in [0, 0.1) is 0 Å². The predicted octanol–water partition coefficient (Wildman–Crippen LogP) is 5.11. The van der Waals surface area contributed by atoms with Crippen molar-refractivity contribution in [2.24, 2.45) is 0 Å². The second-order valence-corrected chi connectivity index (χ2v) is 6.87. The molecule has 0 atom stereocenters. The van der Waals surface area contributed by atoms with Crippen LogP contribution in [0.4, 0.5) is 5.13 Å². The average molecular weight is 405 g/mol. The van der Waals surface area contributed by atoms with E-state index in [2.05, 4.69) is 26.2 Å². The van der Waals surface area contributed by atoms with Crippen LogP contribution in [0.15, 0.2) is 58.5 Å². The van der Waals surface area contributed by atoms with Gasteiger partial charge >= 0.3 is 0 Å². The molecule has 0 saturated heterocycles. The summed E-state index contributed by atoms with van der Waals surface area (Å²) in [6, 6.07) is 14.0. The summed E-state index contributed by atoms with van der Waals surface area (Å²) in [4.78, 5) is 4.24. The minimum Gasteiger partial charge on any atom is -0.493 e. The third-order valence-corrected chi connectivity index (χ3v) is 4.59.